The number of hydrogen-bond acceptors (Lipinski definition) is 5. The minimum absolute atomic E-state index is 0.317. The minimum atomic E-state index is -0.830. The second kappa shape index (κ2) is 6.23. The first-order valence-electron chi connectivity index (χ1n) is 6.47. The Labute approximate surface area is 121 Å². The van der Waals surface area contributed by atoms with Crippen LogP contribution in [0.5, 0.6) is 5.88 Å². The van der Waals surface area contributed by atoms with Gasteiger partial charge in [0.2, 0.25) is 5.88 Å². The van der Waals surface area contributed by atoms with Crippen LogP contribution in [0.25, 0.3) is 4.96 Å². The van der Waals surface area contributed by atoms with E-state index in [1.807, 2.05) is 29.8 Å². The normalized spacial score (nSPS) is 13.0. The molecule has 1 unspecified atom stereocenters. The lowest BCUT2D eigenvalue weighted by molar-refractivity contribution is -0.140. The van der Waals surface area contributed by atoms with E-state index < -0.39 is 12.0 Å². The van der Waals surface area contributed by atoms with Gasteiger partial charge in [-0.15, -0.1) is 11.3 Å². The molecule has 0 saturated heterocycles. The zero-order valence-corrected chi connectivity index (χ0v) is 12.6. The lowest BCUT2D eigenvalue weighted by Gasteiger charge is -2.16. The van der Waals surface area contributed by atoms with Crippen LogP contribution in [-0.4, -0.2) is 33.6 Å². The highest BCUT2D eigenvalue weighted by atomic mass is 32.1. The summed E-state index contributed by atoms with van der Waals surface area (Å²) in [6.07, 6.45) is 2.49. The summed E-state index contributed by atoms with van der Waals surface area (Å²) in [5.74, 6) is 0.0267. The van der Waals surface area contributed by atoms with E-state index in [0.717, 1.165) is 10.7 Å². The number of methoxy groups -OCH3 is 1. The molecular formula is C13H19N3O3S. The van der Waals surface area contributed by atoms with E-state index in [9.17, 15) is 9.90 Å². The highest BCUT2D eigenvalue weighted by molar-refractivity contribution is 7.15. The number of ether oxygens (including phenoxy) is 1. The van der Waals surface area contributed by atoms with E-state index in [1.165, 1.54) is 11.3 Å². The van der Waals surface area contributed by atoms with Gasteiger partial charge in [-0.2, -0.15) is 4.98 Å². The first kappa shape index (κ1) is 14.8. The minimum Gasteiger partial charge on any atom is -0.480 e. The average Bonchev–Trinajstić information content (AvgIpc) is 2.94. The van der Waals surface area contributed by atoms with Crippen molar-refractivity contribution in [3.8, 4) is 5.88 Å². The number of thiazole rings is 1. The van der Waals surface area contributed by atoms with E-state index in [1.54, 1.807) is 7.11 Å². The monoisotopic (exact) mass is 297 g/mol. The van der Waals surface area contributed by atoms with Crippen molar-refractivity contribution in [2.24, 2.45) is 5.92 Å². The van der Waals surface area contributed by atoms with Crippen molar-refractivity contribution < 1.29 is 14.6 Å². The predicted molar refractivity (Wildman–Crippen MR) is 77.3 cm³/mol. The molecule has 2 rings (SSSR count). The third kappa shape index (κ3) is 3.10. The molecule has 0 aromatic carbocycles. The number of carboxylic acids is 1. The summed E-state index contributed by atoms with van der Waals surface area (Å²) < 4.78 is 7.17. The summed E-state index contributed by atoms with van der Waals surface area (Å²) in [7, 11) is 1.57. The Morgan fingerprint density at radius 2 is 2.35 bits per heavy atom. The van der Waals surface area contributed by atoms with Gasteiger partial charge in [0.1, 0.15) is 11.7 Å². The Hall–Kier alpha value is -1.60. The lowest BCUT2D eigenvalue weighted by atomic mass is 10.0. The van der Waals surface area contributed by atoms with Gasteiger partial charge in [-0.25, -0.2) is 0 Å². The highest BCUT2D eigenvalue weighted by Gasteiger charge is 2.20. The topological polar surface area (TPSA) is 75.9 Å². The van der Waals surface area contributed by atoms with E-state index in [2.05, 4.69) is 10.3 Å². The molecule has 2 aromatic rings. The van der Waals surface area contributed by atoms with Crippen molar-refractivity contribution in [2.45, 2.75) is 32.9 Å². The van der Waals surface area contributed by atoms with Gasteiger partial charge in [-0.1, -0.05) is 13.8 Å². The molecule has 110 valence electrons. The molecular weight excluding hydrogens is 278 g/mol. The fourth-order valence-corrected chi connectivity index (χ4v) is 2.82. The summed E-state index contributed by atoms with van der Waals surface area (Å²) in [6, 6.07) is -0.566. The van der Waals surface area contributed by atoms with Crippen LogP contribution in [0.2, 0.25) is 0 Å². The lowest BCUT2D eigenvalue weighted by Crippen LogP contribution is -2.37. The zero-order valence-electron chi connectivity index (χ0n) is 11.8. The molecule has 0 radical (unpaired) electrons. The van der Waals surface area contributed by atoms with Crippen LogP contribution >= 0.6 is 11.3 Å². The Morgan fingerprint density at radius 1 is 1.60 bits per heavy atom. The van der Waals surface area contributed by atoms with Gasteiger partial charge in [0.15, 0.2) is 4.96 Å². The molecule has 2 aromatic heterocycles. The van der Waals surface area contributed by atoms with Crippen LogP contribution < -0.4 is 10.1 Å². The molecule has 6 nitrogen and oxygen atoms in total. The summed E-state index contributed by atoms with van der Waals surface area (Å²) >= 11 is 1.52. The molecule has 2 N–H and O–H groups in total. The second-order valence-electron chi connectivity index (χ2n) is 5.02. The van der Waals surface area contributed by atoms with Gasteiger partial charge in [-0.05, 0) is 12.3 Å². The quantitative estimate of drug-likeness (QED) is 0.817. The molecule has 2 heterocycles. The van der Waals surface area contributed by atoms with Crippen LogP contribution in [0, 0.1) is 5.92 Å². The molecule has 0 aliphatic carbocycles. The van der Waals surface area contributed by atoms with Crippen molar-refractivity contribution in [3.05, 3.63) is 17.3 Å². The first-order chi connectivity index (χ1) is 9.52. The molecule has 20 heavy (non-hydrogen) atoms. The maximum atomic E-state index is 11.2. The van der Waals surface area contributed by atoms with Crippen molar-refractivity contribution in [3.63, 3.8) is 0 Å². The maximum Gasteiger partial charge on any atom is 0.320 e. The fraction of sp³-hybridized carbons (Fsp3) is 0.538. The average molecular weight is 297 g/mol. The third-order valence-electron chi connectivity index (χ3n) is 3.04. The molecule has 0 bridgehead atoms. The molecule has 0 fully saturated rings. The summed E-state index contributed by atoms with van der Waals surface area (Å²) in [4.78, 5) is 16.4. The highest BCUT2D eigenvalue weighted by Crippen LogP contribution is 2.23. The molecule has 1 atom stereocenters. The molecule has 0 saturated carbocycles. The Balaban J connectivity index is 2.14. The smallest absolute Gasteiger partial charge is 0.320 e. The largest absolute Gasteiger partial charge is 0.480 e. The molecule has 0 spiro atoms. The number of aromatic nitrogens is 2. The fourth-order valence-electron chi connectivity index (χ4n) is 2.10. The number of aliphatic carboxylic acids is 1. The molecule has 0 amide bonds. The summed E-state index contributed by atoms with van der Waals surface area (Å²) in [5, 5.41) is 14.2. The number of hydrogen-bond donors (Lipinski definition) is 2. The zero-order chi connectivity index (χ0) is 14.7. The molecule has 0 aliphatic rings. The number of fused-ring (bicyclic) bond motifs is 1. The molecule has 7 heteroatoms. The Kier molecular flexibility index (Phi) is 4.61. The second-order valence-corrected chi connectivity index (χ2v) is 5.90. The standard InChI is InChI=1S/C13H19N3O3S/c1-8(2)6-9(12(17)18)14-7-10-11(19-3)15-13-16(10)4-5-20-13/h4-5,8-9,14H,6-7H2,1-3H3,(H,17,18). The number of imidazole rings is 1. The maximum absolute atomic E-state index is 11.2. The Morgan fingerprint density at radius 3 is 2.95 bits per heavy atom. The van der Waals surface area contributed by atoms with Gasteiger partial charge in [-0.3, -0.25) is 14.5 Å². The SMILES string of the molecule is COc1nc2sccn2c1CNC(CC(C)C)C(=O)O. The molecule has 0 aliphatic heterocycles. The van der Waals surface area contributed by atoms with E-state index in [0.29, 0.717) is 24.8 Å². The summed E-state index contributed by atoms with van der Waals surface area (Å²) in [5.41, 5.74) is 0.846. The van der Waals surface area contributed by atoms with Crippen LogP contribution in [0.4, 0.5) is 0 Å². The van der Waals surface area contributed by atoms with Crippen molar-refractivity contribution >= 4 is 22.3 Å². The van der Waals surface area contributed by atoms with Crippen LogP contribution in [0.3, 0.4) is 0 Å². The van der Waals surface area contributed by atoms with E-state index in [-0.39, 0.29) is 0 Å². The van der Waals surface area contributed by atoms with Crippen molar-refractivity contribution in [1.82, 2.24) is 14.7 Å². The van der Waals surface area contributed by atoms with Crippen LogP contribution in [-0.2, 0) is 11.3 Å². The first-order valence-corrected chi connectivity index (χ1v) is 7.35. The van der Waals surface area contributed by atoms with Crippen LogP contribution in [0.1, 0.15) is 26.0 Å². The van der Waals surface area contributed by atoms with Crippen molar-refractivity contribution in [1.29, 1.82) is 0 Å². The third-order valence-corrected chi connectivity index (χ3v) is 3.80. The van der Waals surface area contributed by atoms with Gasteiger partial charge in [0.25, 0.3) is 0 Å². The van der Waals surface area contributed by atoms with Crippen molar-refractivity contribution in [2.75, 3.05) is 7.11 Å². The van der Waals surface area contributed by atoms with Gasteiger partial charge >= 0.3 is 5.97 Å². The number of carbonyl (C=O) groups is 1. The number of nitrogens with one attached hydrogen (secondary N) is 1. The number of carboxylic acid groups (broad SMARTS) is 1. The van der Waals surface area contributed by atoms with Gasteiger partial charge in [0.05, 0.1) is 7.11 Å². The van der Waals surface area contributed by atoms with Gasteiger partial charge < -0.3 is 9.84 Å². The number of rotatable bonds is 7. The Bertz CT molecular complexity index is 591. The van der Waals surface area contributed by atoms with E-state index in [4.69, 9.17) is 4.74 Å². The summed E-state index contributed by atoms with van der Waals surface area (Å²) in [6.45, 7) is 4.42. The van der Waals surface area contributed by atoms with Gasteiger partial charge in [0, 0.05) is 18.1 Å². The number of nitrogens with zero attached hydrogens (tertiary/aromatic N) is 2. The predicted octanol–water partition coefficient (Wildman–Crippen LogP) is 1.99. The van der Waals surface area contributed by atoms with E-state index >= 15 is 0 Å². The van der Waals surface area contributed by atoms with Crippen LogP contribution in [0.15, 0.2) is 11.6 Å².